The largest absolute Gasteiger partial charge is 0.495 e. The summed E-state index contributed by atoms with van der Waals surface area (Å²) in [5.41, 5.74) is 1.85. The minimum absolute atomic E-state index is 0.0302. The van der Waals surface area contributed by atoms with Crippen molar-refractivity contribution in [3.8, 4) is 5.75 Å². The van der Waals surface area contributed by atoms with Crippen molar-refractivity contribution in [2.24, 2.45) is 5.92 Å². The number of nitrogens with zero attached hydrogens (tertiary/aromatic N) is 1. The van der Waals surface area contributed by atoms with Gasteiger partial charge in [-0.2, -0.15) is 0 Å². The van der Waals surface area contributed by atoms with Crippen molar-refractivity contribution in [1.82, 2.24) is 10.2 Å². The van der Waals surface area contributed by atoms with Gasteiger partial charge in [0.05, 0.1) is 19.3 Å². The lowest BCUT2D eigenvalue weighted by Gasteiger charge is -2.31. The number of ether oxygens (including phenoxy) is 1. The molecule has 5 nitrogen and oxygen atoms in total. The van der Waals surface area contributed by atoms with E-state index in [2.05, 4.69) is 15.5 Å². The number of carbonyl (C=O) groups is 1. The normalized spacial score (nSPS) is 16.3. The number of methoxy groups -OCH3 is 1. The molecule has 0 radical (unpaired) electrons. The van der Waals surface area contributed by atoms with E-state index in [0.29, 0.717) is 12.3 Å². The molecule has 0 bridgehead atoms. The van der Waals surface area contributed by atoms with Crippen LogP contribution in [0.4, 0.5) is 5.69 Å². The van der Waals surface area contributed by atoms with Gasteiger partial charge in [-0.25, -0.2) is 0 Å². The Morgan fingerprint density at radius 2 is 2.09 bits per heavy atom. The molecular formula is C18H29N3O2. The molecule has 1 aromatic carbocycles. The molecule has 1 aliphatic heterocycles. The van der Waals surface area contributed by atoms with Crippen LogP contribution in [-0.2, 0) is 4.79 Å². The second-order valence-corrected chi connectivity index (χ2v) is 6.36. The Balaban J connectivity index is 1.81. The van der Waals surface area contributed by atoms with Gasteiger partial charge in [0.2, 0.25) is 5.91 Å². The van der Waals surface area contributed by atoms with Gasteiger partial charge in [0.1, 0.15) is 5.75 Å². The zero-order valence-electron chi connectivity index (χ0n) is 14.5. The lowest BCUT2D eigenvalue weighted by molar-refractivity contribution is -0.117. The quantitative estimate of drug-likeness (QED) is 0.809. The summed E-state index contributed by atoms with van der Waals surface area (Å²) in [6.45, 7) is 5.55. The summed E-state index contributed by atoms with van der Waals surface area (Å²) >= 11 is 0. The first-order chi connectivity index (χ1) is 11.1. The summed E-state index contributed by atoms with van der Waals surface area (Å²) in [4.78, 5) is 14.5. The fourth-order valence-electron chi connectivity index (χ4n) is 3.09. The number of hydrogen-bond acceptors (Lipinski definition) is 4. The molecule has 1 fully saturated rings. The Bertz CT molecular complexity index is 511. The van der Waals surface area contributed by atoms with Gasteiger partial charge in [0, 0.05) is 0 Å². The first-order valence-electron chi connectivity index (χ1n) is 8.44. The van der Waals surface area contributed by atoms with E-state index in [9.17, 15) is 4.79 Å². The highest BCUT2D eigenvalue weighted by atomic mass is 16.5. The van der Waals surface area contributed by atoms with E-state index in [1.54, 1.807) is 7.11 Å². The molecule has 1 saturated heterocycles. The molecule has 1 aliphatic rings. The number of nitrogens with one attached hydrogen (secondary N) is 2. The molecule has 128 valence electrons. The minimum atomic E-state index is 0.0302. The topological polar surface area (TPSA) is 53.6 Å². The average Bonchev–Trinajstić information content (AvgIpc) is 2.54. The summed E-state index contributed by atoms with van der Waals surface area (Å²) in [7, 11) is 3.62. The molecule has 1 aromatic rings. The number of carbonyl (C=O) groups excluding carboxylic acids is 1. The molecule has 2 rings (SSSR count). The monoisotopic (exact) mass is 319 g/mol. The van der Waals surface area contributed by atoms with Gasteiger partial charge in [-0.15, -0.1) is 0 Å². The van der Waals surface area contributed by atoms with Crippen LogP contribution in [0.15, 0.2) is 18.2 Å². The van der Waals surface area contributed by atoms with Gasteiger partial charge in [0.25, 0.3) is 0 Å². The molecule has 0 aliphatic carbocycles. The number of benzene rings is 1. The Morgan fingerprint density at radius 3 is 2.74 bits per heavy atom. The molecule has 23 heavy (non-hydrogen) atoms. The van der Waals surface area contributed by atoms with Crippen molar-refractivity contribution in [3.05, 3.63) is 23.8 Å². The van der Waals surface area contributed by atoms with Crippen LogP contribution in [0, 0.1) is 12.8 Å². The Kier molecular flexibility index (Phi) is 6.86. The molecule has 2 N–H and O–H groups in total. The van der Waals surface area contributed by atoms with Gasteiger partial charge >= 0.3 is 0 Å². The number of amides is 1. The van der Waals surface area contributed by atoms with Crippen molar-refractivity contribution < 1.29 is 9.53 Å². The highest BCUT2D eigenvalue weighted by Gasteiger charge is 2.20. The number of piperidine rings is 1. The van der Waals surface area contributed by atoms with Gasteiger partial charge < -0.3 is 15.4 Å². The van der Waals surface area contributed by atoms with Crippen LogP contribution in [-0.4, -0.2) is 51.1 Å². The molecule has 1 amide bonds. The lowest BCUT2D eigenvalue weighted by Crippen LogP contribution is -2.39. The number of aryl methyl sites for hydroxylation is 1. The van der Waals surface area contributed by atoms with E-state index in [0.717, 1.165) is 36.8 Å². The first-order valence-corrected chi connectivity index (χ1v) is 8.44. The fraction of sp³-hybridized carbons (Fsp3) is 0.611. The third-order valence-electron chi connectivity index (χ3n) is 4.51. The van der Waals surface area contributed by atoms with Crippen LogP contribution in [0.2, 0.25) is 0 Å². The second kappa shape index (κ2) is 8.89. The SMILES string of the molecule is CNCCC1CCN(CC(=O)Nc2cc(C)ccc2OC)CC1. The summed E-state index contributed by atoms with van der Waals surface area (Å²) in [5.74, 6) is 1.52. The van der Waals surface area contributed by atoms with Crippen LogP contribution < -0.4 is 15.4 Å². The maximum absolute atomic E-state index is 12.3. The molecular weight excluding hydrogens is 290 g/mol. The molecule has 0 aromatic heterocycles. The van der Waals surface area contributed by atoms with Crippen LogP contribution in [0.5, 0.6) is 5.75 Å². The summed E-state index contributed by atoms with van der Waals surface area (Å²) in [6.07, 6.45) is 3.60. The zero-order valence-corrected chi connectivity index (χ0v) is 14.5. The predicted molar refractivity (Wildman–Crippen MR) is 94.1 cm³/mol. The van der Waals surface area contributed by atoms with Crippen LogP contribution in [0.25, 0.3) is 0 Å². The summed E-state index contributed by atoms with van der Waals surface area (Å²) in [6, 6.07) is 5.81. The maximum atomic E-state index is 12.3. The molecule has 5 heteroatoms. The van der Waals surface area contributed by atoms with E-state index >= 15 is 0 Å². The van der Waals surface area contributed by atoms with E-state index in [1.165, 1.54) is 19.3 Å². The highest BCUT2D eigenvalue weighted by Crippen LogP contribution is 2.25. The van der Waals surface area contributed by atoms with Gasteiger partial charge in [-0.3, -0.25) is 9.69 Å². The lowest BCUT2D eigenvalue weighted by atomic mass is 9.93. The predicted octanol–water partition coefficient (Wildman–Crippen LogP) is 2.26. The molecule has 0 atom stereocenters. The number of anilines is 1. The maximum Gasteiger partial charge on any atom is 0.238 e. The number of rotatable bonds is 7. The standard InChI is InChI=1S/C18H29N3O2/c1-14-4-5-17(23-3)16(12-14)20-18(22)13-21-10-7-15(8-11-21)6-9-19-2/h4-5,12,15,19H,6-11,13H2,1-3H3,(H,20,22). The second-order valence-electron chi connectivity index (χ2n) is 6.36. The number of hydrogen-bond donors (Lipinski definition) is 2. The van der Waals surface area contributed by atoms with Gasteiger partial charge in [-0.1, -0.05) is 6.07 Å². The van der Waals surface area contributed by atoms with Crippen LogP contribution in [0.1, 0.15) is 24.8 Å². The highest BCUT2D eigenvalue weighted by molar-refractivity contribution is 5.93. The minimum Gasteiger partial charge on any atom is -0.495 e. The average molecular weight is 319 g/mol. The van der Waals surface area contributed by atoms with Crippen LogP contribution >= 0.6 is 0 Å². The Morgan fingerprint density at radius 1 is 1.35 bits per heavy atom. The van der Waals surface area contributed by atoms with Crippen molar-refractivity contribution >= 4 is 11.6 Å². The van der Waals surface area contributed by atoms with Crippen molar-refractivity contribution in [2.75, 3.05) is 45.7 Å². The third kappa shape index (κ3) is 5.52. The third-order valence-corrected chi connectivity index (χ3v) is 4.51. The van der Waals surface area contributed by atoms with E-state index in [-0.39, 0.29) is 5.91 Å². The van der Waals surface area contributed by atoms with Gasteiger partial charge in [0.15, 0.2) is 0 Å². The zero-order chi connectivity index (χ0) is 16.7. The van der Waals surface area contributed by atoms with Gasteiger partial charge in [-0.05, 0) is 76.5 Å². The molecule has 0 saturated carbocycles. The number of likely N-dealkylation sites (tertiary alicyclic amines) is 1. The van der Waals surface area contributed by atoms with Crippen molar-refractivity contribution in [3.63, 3.8) is 0 Å². The smallest absolute Gasteiger partial charge is 0.238 e. The van der Waals surface area contributed by atoms with Crippen molar-refractivity contribution in [2.45, 2.75) is 26.2 Å². The first kappa shape index (κ1) is 17.8. The summed E-state index contributed by atoms with van der Waals surface area (Å²) < 4.78 is 5.31. The molecule has 0 unspecified atom stereocenters. The molecule has 1 heterocycles. The van der Waals surface area contributed by atoms with E-state index in [4.69, 9.17) is 4.74 Å². The van der Waals surface area contributed by atoms with E-state index < -0.39 is 0 Å². The fourth-order valence-corrected chi connectivity index (χ4v) is 3.09. The van der Waals surface area contributed by atoms with E-state index in [1.807, 2.05) is 32.2 Å². The Hall–Kier alpha value is -1.59. The summed E-state index contributed by atoms with van der Waals surface area (Å²) in [5, 5.41) is 6.19. The van der Waals surface area contributed by atoms with Crippen molar-refractivity contribution in [1.29, 1.82) is 0 Å². The molecule has 0 spiro atoms. The Labute approximate surface area is 139 Å². The van der Waals surface area contributed by atoms with Crippen LogP contribution in [0.3, 0.4) is 0 Å².